The summed E-state index contributed by atoms with van der Waals surface area (Å²) < 4.78 is 5.11. The minimum absolute atomic E-state index is 0.722. The summed E-state index contributed by atoms with van der Waals surface area (Å²) >= 11 is 0. The first kappa shape index (κ1) is 11.4. The predicted octanol–water partition coefficient (Wildman–Crippen LogP) is 2.12. The van der Waals surface area contributed by atoms with Crippen LogP contribution >= 0.6 is 0 Å². The van der Waals surface area contributed by atoms with Gasteiger partial charge in [0.1, 0.15) is 17.4 Å². The molecule has 1 heterocycles. The van der Waals surface area contributed by atoms with Gasteiger partial charge in [-0.1, -0.05) is 12.1 Å². The quantitative estimate of drug-likeness (QED) is 0.872. The van der Waals surface area contributed by atoms with E-state index in [4.69, 9.17) is 4.74 Å². The molecule has 0 fully saturated rings. The van der Waals surface area contributed by atoms with Crippen LogP contribution < -0.4 is 10.1 Å². The van der Waals surface area contributed by atoms with Gasteiger partial charge in [-0.05, 0) is 23.8 Å². The third-order valence-electron chi connectivity index (χ3n) is 2.48. The SMILES string of the molecule is CNc1ccnc(Cc2ccc(OC)cc2)n1. The molecule has 4 heteroatoms. The largest absolute Gasteiger partial charge is 0.497 e. The van der Waals surface area contributed by atoms with Crippen LogP contribution in [0.2, 0.25) is 0 Å². The molecule has 0 bridgehead atoms. The van der Waals surface area contributed by atoms with Gasteiger partial charge in [-0.25, -0.2) is 9.97 Å². The smallest absolute Gasteiger partial charge is 0.135 e. The predicted molar refractivity (Wildman–Crippen MR) is 67.4 cm³/mol. The highest BCUT2D eigenvalue weighted by Gasteiger charge is 2.00. The first-order chi connectivity index (χ1) is 8.31. The van der Waals surface area contributed by atoms with E-state index in [1.54, 1.807) is 13.3 Å². The Morgan fingerprint density at radius 1 is 1.18 bits per heavy atom. The number of ether oxygens (including phenoxy) is 1. The van der Waals surface area contributed by atoms with Crippen molar-refractivity contribution in [2.75, 3.05) is 19.5 Å². The van der Waals surface area contributed by atoms with E-state index < -0.39 is 0 Å². The number of anilines is 1. The van der Waals surface area contributed by atoms with Crippen LogP contribution in [0, 0.1) is 0 Å². The van der Waals surface area contributed by atoms with Gasteiger partial charge in [0, 0.05) is 19.7 Å². The number of nitrogens with zero attached hydrogens (tertiary/aromatic N) is 2. The van der Waals surface area contributed by atoms with E-state index >= 15 is 0 Å². The fourth-order valence-corrected chi connectivity index (χ4v) is 1.55. The Morgan fingerprint density at radius 3 is 2.59 bits per heavy atom. The minimum Gasteiger partial charge on any atom is -0.497 e. The van der Waals surface area contributed by atoms with Crippen LogP contribution in [0.3, 0.4) is 0 Å². The molecule has 88 valence electrons. The maximum atomic E-state index is 5.11. The van der Waals surface area contributed by atoms with Gasteiger partial charge in [0.15, 0.2) is 0 Å². The molecule has 0 saturated heterocycles. The van der Waals surface area contributed by atoms with E-state index in [0.29, 0.717) is 0 Å². The van der Waals surface area contributed by atoms with E-state index in [1.807, 2.05) is 37.4 Å². The summed E-state index contributed by atoms with van der Waals surface area (Å²) in [5.74, 6) is 2.50. The molecule has 0 amide bonds. The Kier molecular flexibility index (Phi) is 3.55. The van der Waals surface area contributed by atoms with E-state index in [2.05, 4.69) is 15.3 Å². The second-order valence-electron chi connectivity index (χ2n) is 3.63. The highest BCUT2D eigenvalue weighted by molar-refractivity contribution is 5.33. The van der Waals surface area contributed by atoms with Crippen molar-refractivity contribution >= 4 is 5.82 Å². The van der Waals surface area contributed by atoms with Crippen molar-refractivity contribution in [2.24, 2.45) is 0 Å². The first-order valence-corrected chi connectivity index (χ1v) is 5.44. The summed E-state index contributed by atoms with van der Waals surface area (Å²) in [6, 6.07) is 9.77. The van der Waals surface area contributed by atoms with Crippen molar-refractivity contribution in [1.29, 1.82) is 0 Å². The lowest BCUT2D eigenvalue weighted by atomic mass is 10.1. The molecule has 0 atom stereocenters. The summed E-state index contributed by atoms with van der Waals surface area (Å²) in [4.78, 5) is 8.62. The molecule has 0 aliphatic carbocycles. The van der Waals surface area contributed by atoms with Crippen molar-refractivity contribution in [3.63, 3.8) is 0 Å². The van der Waals surface area contributed by atoms with Crippen LogP contribution in [0.4, 0.5) is 5.82 Å². The van der Waals surface area contributed by atoms with E-state index in [0.717, 1.165) is 23.8 Å². The fourth-order valence-electron chi connectivity index (χ4n) is 1.55. The number of hydrogen-bond donors (Lipinski definition) is 1. The molecule has 0 spiro atoms. The molecule has 0 radical (unpaired) electrons. The van der Waals surface area contributed by atoms with Gasteiger partial charge in [0.2, 0.25) is 0 Å². The van der Waals surface area contributed by atoms with Crippen molar-refractivity contribution in [3.05, 3.63) is 47.9 Å². The molecule has 1 aromatic heterocycles. The van der Waals surface area contributed by atoms with Gasteiger partial charge in [0.05, 0.1) is 7.11 Å². The minimum atomic E-state index is 0.722. The van der Waals surface area contributed by atoms with Crippen LogP contribution in [0.5, 0.6) is 5.75 Å². The number of aromatic nitrogens is 2. The summed E-state index contributed by atoms with van der Waals surface area (Å²) in [5, 5.41) is 3.00. The summed E-state index contributed by atoms with van der Waals surface area (Å²) in [7, 11) is 3.51. The van der Waals surface area contributed by atoms with E-state index in [9.17, 15) is 0 Å². The Hall–Kier alpha value is -2.10. The Morgan fingerprint density at radius 2 is 1.94 bits per heavy atom. The molecule has 1 N–H and O–H groups in total. The lowest BCUT2D eigenvalue weighted by Gasteiger charge is -2.04. The second-order valence-corrected chi connectivity index (χ2v) is 3.63. The standard InChI is InChI=1S/C13H15N3O/c1-14-12-7-8-15-13(16-12)9-10-3-5-11(17-2)6-4-10/h3-8H,9H2,1-2H3,(H,14,15,16). The Labute approximate surface area is 101 Å². The highest BCUT2D eigenvalue weighted by Crippen LogP contribution is 2.13. The number of benzene rings is 1. The van der Waals surface area contributed by atoms with Gasteiger partial charge in [-0.3, -0.25) is 0 Å². The molecule has 0 saturated carbocycles. The molecule has 0 aliphatic rings. The van der Waals surface area contributed by atoms with Crippen molar-refractivity contribution in [3.8, 4) is 5.75 Å². The lowest BCUT2D eigenvalue weighted by molar-refractivity contribution is 0.414. The van der Waals surface area contributed by atoms with Crippen LogP contribution in [-0.4, -0.2) is 24.1 Å². The summed E-state index contributed by atoms with van der Waals surface area (Å²) in [6.45, 7) is 0. The van der Waals surface area contributed by atoms with Gasteiger partial charge in [-0.15, -0.1) is 0 Å². The van der Waals surface area contributed by atoms with E-state index in [-0.39, 0.29) is 0 Å². The molecule has 0 unspecified atom stereocenters. The average Bonchev–Trinajstić information content (AvgIpc) is 2.40. The normalized spacial score (nSPS) is 10.0. The van der Waals surface area contributed by atoms with Gasteiger partial charge in [-0.2, -0.15) is 0 Å². The molecular formula is C13H15N3O. The maximum Gasteiger partial charge on any atom is 0.135 e. The monoisotopic (exact) mass is 229 g/mol. The van der Waals surface area contributed by atoms with Gasteiger partial charge < -0.3 is 10.1 Å². The first-order valence-electron chi connectivity index (χ1n) is 5.44. The van der Waals surface area contributed by atoms with Gasteiger partial charge in [0.25, 0.3) is 0 Å². The van der Waals surface area contributed by atoms with Gasteiger partial charge >= 0.3 is 0 Å². The van der Waals surface area contributed by atoms with Crippen molar-refractivity contribution in [2.45, 2.75) is 6.42 Å². The van der Waals surface area contributed by atoms with Crippen molar-refractivity contribution < 1.29 is 4.74 Å². The maximum absolute atomic E-state index is 5.11. The summed E-state index contributed by atoms with van der Waals surface area (Å²) in [5.41, 5.74) is 1.17. The molecule has 2 aromatic rings. The highest BCUT2D eigenvalue weighted by atomic mass is 16.5. The molecular weight excluding hydrogens is 214 g/mol. The lowest BCUT2D eigenvalue weighted by Crippen LogP contribution is -2.00. The number of methoxy groups -OCH3 is 1. The van der Waals surface area contributed by atoms with Crippen molar-refractivity contribution in [1.82, 2.24) is 9.97 Å². The second kappa shape index (κ2) is 5.30. The van der Waals surface area contributed by atoms with Crippen LogP contribution in [0.1, 0.15) is 11.4 Å². The topological polar surface area (TPSA) is 47.0 Å². The number of hydrogen-bond acceptors (Lipinski definition) is 4. The fraction of sp³-hybridized carbons (Fsp3) is 0.231. The van der Waals surface area contributed by atoms with Crippen LogP contribution in [-0.2, 0) is 6.42 Å². The molecule has 17 heavy (non-hydrogen) atoms. The number of rotatable bonds is 4. The molecule has 0 aliphatic heterocycles. The van der Waals surface area contributed by atoms with Crippen LogP contribution in [0.25, 0.3) is 0 Å². The third-order valence-corrected chi connectivity index (χ3v) is 2.48. The summed E-state index contributed by atoms with van der Waals surface area (Å²) in [6.07, 6.45) is 2.48. The zero-order valence-electron chi connectivity index (χ0n) is 9.97. The van der Waals surface area contributed by atoms with E-state index in [1.165, 1.54) is 5.56 Å². The molecule has 1 aromatic carbocycles. The Balaban J connectivity index is 2.13. The zero-order valence-corrected chi connectivity index (χ0v) is 9.97. The molecule has 4 nitrogen and oxygen atoms in total. The Bertz CT molecular complexity index is 482. The zero-order chi connectivity index (χ0) is 12.1. The molecule has 2 rings (SSSR count). The van der Waals surface area contributed by atoms with Crippen LogP contribution in [0.15, 0.2) is 36.5 Å². The number of nitrogens with one attached hydrogen (secondary N) is 1. The third kappa shape index (κ3) is 2.93. The average molecular weight is 229 g/mol.